The predicted octanol–water partition coefficient (Wildman–Crippen LogP) is 2.69. The summed E-state index contributed by atoms with van der Waals surface area (Å²) in [7, 11) is 0. The maximum Gasteiger partial charge on any atom is 0.148 e. The largest absolute Gasteiger partial charge is 0.314 e. The van der Waals surface area contributed by atoms with Crippen molar-refractivity contribution in [3.05, 3.63) is 23.3 Å². The highest BCUT2D eigenvalue weighted by molar-refractivity contribution is 5.18. The highest BCUT2D eigenvalue weighted by Gasteiger charge is 2.33. The van der Waals surface area contributed by atoms with E-state index < -0.39 is 0 Å². The minimum atomic E-state index is -0.102. The Morgan fingerprint density at radius 3 is 2.48 bits per heavy atom. The highest BCUT2D eigenvalue weighted by Crippen LogP contribution is 2.27. The van der Waals surface area contributed by atoms with Crippen molar-refractivity contribution in [1.29, 1.82) is 0 Å². The van der Waals surface area contributed by atoms with Gasteiger partial charge in [0.2, 0.25) is 0 Å². The van der Waals surface area contributed by atoms with Crippen LogP contribution >= 0.6 is 0 Å². The molecule has 1 aromatic heterocycles. The van der Waals surface area contributed by atoms with Gasteiger partial charge in [-0.1, -0.05) is 27.2 Å². The fourth-order valence-corrected chi connectivity index (χ4v) is 2.84. The maximum absolute atomic E-state index is 4.89. The van der Waals surface area contributed by atoms with Crippen LogP contribution in [0.2, 0.25) is 0 Å². The van der Waals surface area contributed by atoms with Gasteiger partial charge in [0.25, 0.3) is 0 Å². The lowest BCUT2D eigenvalue weighted by Gasteiger charge is -2.40. The smallest absolute Gasteiger partial charge is 0.148 e. The molecule has 2 rings (SSSR count). The van der Waals surface area contributed by atoms with Crippen LogP contribution < -0.4 is 5.32 Å². The van der Waals surface area contributed by atoms with E-state index in [2.05, 4.69) is 50.9 Å². The number of hydrogen-bond acceptors (Lipinski definition) is 4. The van der Waals surface area contributed by atoms with Gasteiger partial charge in [0.1, 0.15) is 5.82 Å². The summed E-state index contributed by atoms with van der Waals surface area (Å²) in [5.41, 5.74) is 2.26. The van der Waals surface area contributed by atoms with Gasteiger partial charge in [-0.2, -0.15) is 0 Å². The van der Waals surface area contributed by atoms with Crippen LogP contribution in [-0.2, 0) is 12.0 Å². The molecule has 1 aromatic rings. The molecule has 1 aliphatic rings. The van der Waals surface area contributed by atoms with Crippen molar-refractivity contribution in [2.45, 2.75) is 58.9 Å². The molecule has 0 unspecified atom stereocenters. The van der Waals surface area contributed by atoms with Crippen molar-refractivity contribution in [2.75, 3.05) is 26.2 Å². The second-order valence-corrected chi connectivity index (χ2v) is 6.81. The predicted molar refractivity (Wildman–Crippen MR) is 87.6 cm³/mol. The van der Waals surface area contributed by atoms with E-state index in [0.29, 0.717) is 5.92 Å². The van der Waals surface area contributed by atoms with Gasteiger partial charge in [-0.25, -0.2) is 9.97 Å². The number of hydrogen-bond donors (Lipinski definition) is 1. The van der Waals surface area contributed by atoms with Gasteiger partial charge in [-0.05, 0) is 32.3 Å². The summed E-state index contributed by atoms with van der Waals surface area (Å²) >= 11 is 0. The molecule has 1 aliphatic heterocycles. The second kappa shape index (κ2) is 6.84. The number of aryl methyl sites for hydroxylation is 1. The zero-order valence-corrected chi connectivity index (χ0v) is 14.2. The van der Waals surface area contributed by atoms with Crippen LogP contribution in [0.5, 0.6) is 0 Å². The van der Waals surface area contributed by atoms with E-state index >= 15 is 0 Å². The first-order chi connectivity index (χ1) is 9.95. The van der Waals surface area contributed by atoms with Crippen LogP contribution in [0.15, 0.2) is 6.07 Å². The molecule has 1 fully saturated rings. The van der Waals surface area contributed by atoms with Crippen molar-refractivity contribution < 1.29 is 0 Å². The molecule has 0 aliphatic carbocycles. The molecule has 21 heavy (non-hydrogen) atoms. The van der Waals surface area contributed by atoms with Crippen LogP contribution in [0.1, 0.15) is 64.2 Å². The Hall–Kier alpha value is -1.00. The SMILES string of the molecule is CCCc1cc(C(C)C)nc(C(C)(C)N2CCNCC2)n1. The molecule has 1 N–H and O–H groups in total. The molecule has 118 valence electrons. The summed E-state index contributed by atoms with van der Waals surface area (Å²) in [6.07, 6.45) is 2.16. The molecule has 0 radical (unpaired) electrons. The minimum absolute atomic E-state index is 0.102. The Kier molecular flexibility index (Phi) is 5.33. The quantitative estimate of drug-likeness (QED) is 0.905. The molecule has 0 spiro atoms. The Bertz CT molecular complexity index is 462. The summed E-state index contributed by atoms with van der Waals surface area (Å²) in [5, 5.41) is 3.42. The standard InChI is InChI=1S/C17H30N4/c1-6-7-14-12-15(13(2)3)20-16(19-14)17(4,5)21-10-8-18-9-11-21/h12-13,18H,6-11H2,1-5H3. The molecular formula is C17H30N4. The van der Waals surface area contributed by atoms with Crippen LogP contribution in [0.3, 0.4) is 0 Å². The van der Waals surface area contributed by atoms with Gasteiger partial charge in [0, 0.05) is 37.6 Å². The summed E-state index contributed by atoms with van der Waals surface area (Å²) in [4.78, 5) is 12.3. The van der Waals surface area contributed by atoms with Crippen LogP contribution in [-0.4, -0.2) is 41.0 Å². The van der Waals surface area contributed by atoms with Gasteiger partial charge in [-0.15, -0.1) is 0 Å². The molecule has 1 saturated heterocycles. The number of nitrogens with one attached hydrogen (secondary N) is 1. The van der Waals surface area contributed by atoms with E-state index in [1.165, 1.54) is 11.4 Å². The number of piperazine rings is 1. The van der Waals surface area contributed by atoms with Crippen molar-refractivity contribution in [1.82, 2.24) is 20.2 Å². The van der Waals surface area contributed by atoms with E-state index in [1.807, 2.05) is 0 Å². The normalized spacial score (nSPS) is 17.4. The Morgan fingerprint density at radius 2 is 1.90 bits per heavy atom. The van der Waals surface area contributed by atoms with Crippen molar-refractivity contribution >= 4 is 0 Å². The fraction of sp³-hybridized carbons (Fsp3) is 0.765. The zero-order valence-electron chi connectivity index (χ0n) is 14.2. The molecule has 0 bridgehead atoms. The summed E-state index contributed by atoms with van der Waals surface area (Å²) in [6.45, 7) is 15.4. The van der Waals surface area contributed by atoms with Gasteiger partial charge < -0.3 is 5.32 Å². The molecular weight excluding hydrogens is 260 g/mol. The Morgan fingerprint density at radius 1 is 1.24 bits per heavy atom. The van der Waals surface area contributed by atoms with Gasteiger partial charge in [-0.3, -0.25) is 4.90 Å². The van der Waals surface area contributed by atoms with Gasteiger partial charge in [0.05, 0.1) is 5.54 Å². The van der Waals surface area contributed by atoms with Crippen LogP contribution in [0.25, 0.3) is 0 Å². The van der Waals surface area contributed by atoms with Crippen molar-refractivity contribution in [3.63, 3.8) is 0 Å². The molecule has 0 saturated carbocycles. The molecule has 4 heteroatoms. The summed E-state index contributed by atoms with van der Waals surface area (Å²) < 4.78 is 0. The van der Waals surface area contributed by atoms with Gasteiger partial charge in [0.15, 0.2) is 0 Å². The topological polar surface area (TPSA) is 41.1 Å². The highest BCUT2D eigenvalue weighted by atomic mass is 15.3. The molecule has 0 amide bonds. The lowest BCUT2D eigenvalue weighted by atomic mass is 9.99. The first kappa shape index (κ1) is 16.4. The number of aromatic nitrogens is 2. The Balaban J connectivity index is 2.35. The first-order valence-corrected chi connectivity index (χ1v) is 8.29. The molecule has 4 nitrogen and oxygen atoms in total. The van der Waals surface area contributed by atoms with Crippen LogP contribution in [0, 0.1) is 0 Å². The average molecular weight is 290 g/mol. The van der Waals surface area contributed by atoms with Crippen LogP contribution in [0.4, 0.5) is 0 Å². The molecule has 0 atom stereocenters. The fourth-order valence-electron chi connectivity index (χ4n) is 2.84. The first-order valence-electron chi connectivity index (χ1n) is 8.29. The van der Waals surface area contributed by atoms with Gasteiger partial charge >= 0.3 is 0 Å². The number of nitrogens with zero attached hydrogens (tertiary/aromatic N) is 3. The third-order valence-corrected chi connectivity index (χ3v) is 4.35. The summed E-state index contributed by atoms with van der Waals surface area (Å²) in [6, 6.07) is 2.19. The monoisotopic (exact) mass is 290 g/mol. The number of rotatable bonds is 5. The third-order valence-electron chi connectivity index (χ3n) is 4.35. The van der Waals surface area contributed by atoms with E-state index in [0.717, 1.165) is 44.8 Å². The minimum Gasteiger partial charge on any atom is -0.314 e. The lowest BCUT2D eigenvalue weighted by Crippen LogP contribution is -2.52. The summed E-state index contributed by atoms with van der Waals surface area (Å²) in [5.74, 6) is 1.43. The Labute approximate surface area is 129 Å². The average Bonchev–Trinajstić information content (AvgIpc) is 2.48. The second-order valence-electron chi connectivity index (χ2n) is 6.81. The third kappa shape index (κ3) is 3.80. The lowest BCUT2D eigenvalue weighted by molar-refractivity contribution is 0.0943. The van der Waals surface area contributed by atoms with E-state index in [9.17, 15) is 0 Å². The van der Waals surface area contributed by atoms with E-state index in [-0.39, 0.29) is 5.54 Å². The zero-order chi connectivity index (χ0) is 15.5. The maximum atomic E-state index is 4.89. The van der Waals surface area contributed by atoms with Crippen molar-refractivity contribution in [3.8, 4) is 0 Å². The van der Waals surface area contributed by atoms with Crippen molar-refractivity contribution in [2.24, 2.45) is 0 Å². The van der Waals surface area contributed by atoms with E-state index in [4.69, 9.17) is 9.97 Å². The molecule has 0 aromatic carbocycles. The van der Waals surface area contributed by atoms with E-state index in [1.54, 1.807) is 0 Å². The molecule has 2 heterocycles.